The number of rotatable bonds is 8. The number of carboxylic acid groups (broad SMARTS) is 1. The summed E-state index contributed by atoms with van der Waals surface area (Å²) in [5, 5.41) is 11.9. The third-order valence-corrected chi connectivity index (χ3v) is 5.71. The fourth-order valence-electron chi connectivity index (χ4n) is 3.49. The molecule has 30 heavy (non-hydrogen) atoms. The third kappa shape index (κ3) is 6.16. The van der Waals surface area contributed by atoms with Gasteiger partial charge in [0.05, 0.1) is 4.47 Å². The lowest BCUT2D eigenvalue weighted by molar-refractivity contribution is -0.134. The summed E-state index contributed by atoms with van der Waals surface area (Å²) in [6, 6.07) is 11.0. The van der Waals surface area contributed by atoms with E-state index in [9.17, 15) is 19.1 Å². The van der Waals surface area contributed by atoms with Gasteiger partial charge >= 0.3 is 5.97 Å². The van der Waals surface area contributed by atoms with E-state index in [1.165, 1.54) is 25.0 Å². The van der Waals surface area contributed by atoms with Crippen molar-refractivity contribution in [2.75, 3.05) is 0 Å². The summed E-state index contributed by atoms with van der Waals surface area (Å²) in [6.07, 6.45) is 7.20. The highest BCUT2D eigenvalue weighted by atomic mass is 79.9. The van der Waals surface area contributed by atoms with Crippen LogP contribution >= 0.6 is 15.9 Å². The number of halogens is 2. The van der Waals surface area contributed by atoms with Crippen molar-refractivity contribution in [3.63, 3.8) is 0 Å². The Balaban J connectivity index is 1.63. The number of amides is 1. The van der Waals surface area contributed by atoms with Crippen molar-refractivity contribution in [3.8, 4) is 11.5 Å². The van der Waals surface area contributed by atoms with Crippen molar-refractivity contribution < 1.29 is 23.8 Å². The number of para-hydroxylation sites is 1. The topological polar surface area (TPSA) is 75.6 Å². The molecule has 2 N–H and O–H groups in total. The Labute approximate surface area is 183 Å². The summed E-state index contributed by atoms with van der Waals surface area (Å²) < 4.78 is 19.9. The maximum Gasteiger partial charge on any atom is 0.352 e. The molecule has 0 radical (unpaired) electrons. The highest BCUT2D eigenvalue weighted by molar-refractivity contribution is 9.10. The fourth-order valence-corrected chi connectivity index (χ4v) is 3.92. The summed E-state index contributed by atoms with van der Waals surface area (Å²) in [5.74, 6) is -0.964. The van der Waals surface area contributed by atoms with Gasteiger partial charge < -0.3 is 15.2 Å². The van der Waals surface area contributed by atoms with Crippen molar-refractivity contribution in [1.29, 1.82) is 0 Å². The molecule has 0 saturated heterocycles. The van der Waals surface area contributed by atoms with E-state index < -0.39 is 11.8 Å². The van der Waals surface area contributed by atoms with Crippen LogP contribution in [0.2, 0.25) is 0 Å². The molecule has 0 aromatic heterocycles. The van der Waals surface area contributed by atoms with E-state index in [0.29, 0.717) is 28.1 Å². The number of carboxylic acids is 1. The Kier molecular flexibility index (Phi) is 7.63. The van der Waals surface area contributed by atoms with Crippen LogP contribution in [0, 0.1) is 11.7 Å². The average molecular weight is 476 g/mol. The molecule has 158 valence electrons. The molecule has 0 aliphatic heterocycles. The predicted molar refractivity (Wildman–Crippen MR) is 116 cm³/mol. The molecule has 2 aromatic rings. The molecule has 2 aromatic carbocycles. The van der Waals surface area contributed by atoms with Crippen LogP contribution < -0.4 is 10.1 Å². The zero-order chi connectivity index (χ0) is 21.5. The van der Waals surface area contributed by atoms with E-state index in [2.05, 4.69) is 21.2 Å². The van der Waals surface area contributed by atoms with Crippen LogP contribution in [0.25, 0.3) is 6.08 Å². The quantitative estimate of drug-likeness (QED) is 0.466. The van der Waals surface area contributed by atoms with Gasteiger partial charge in [0.2, 0.25) is 5.91 Å². The highest BCUT2D eigenvalue weighted by Gasteiger charge is 2.18. The fraction of sp³-hybridized carbons (Fsp3) is 0.304. The van der Waals surface area contributed by atoms with E-state index >= 15 is 0 Å². The number of carbonyl (C=O) groups excluding carboxylic acids is 1. The first-order valence-corrected chi connectivity index (χ1v) is 10.7. The van der Waals surface area contributed by atoms with Crippen molar-refractivity contribution in [2.45, 2.75) is 38.5 Å². The second-order valence-corrected chi connectivity index (χ2v) is 8.18. The zero-order valence-electron chi connectivity index (χ0n) is 16.4. The number of ether oxygens (including phenoxy) is 1. The monoisotopic (exact) mass is 475 g/mol. The lowest BCUT2D eigenvalue weighted by Crippen LogP contribution is -2.27. The normalized spacial score (nSPS) is 14.5. The van der Waals surface area contributed by atoms with Gasteiger partial charge in [0.1, 0.15) is 11.4 Å². The molecule has 1 aliphatic carbocycles. The van der Waals surface area contributed by atoms with Gasteiger partial charge in [-0.2, -0.15) is 0 Å². The molecule has 1 fully saturated rings. The lowest BCUT2D eigenvalue weighted by Gasteiger charge is -2.10. The number of aliphatic carboxylic acids is 1. The Morgan fingerprint density at radius 3 is 2.50 bits per heavy atom. The second-order valence-electron chi connectivity index (χ2n) is 7.32. The van der Waals surface area contributed by atoms with E-state index in [4.69, 9.17) is 4.74 Å². The van der Waals surface area contributed by atoms with Crippen LogP contribution in [0.3, 0.4) is 0 Å². The van der Waals surface area contributed by atoms with Crippen molar-refractivity contribution >= 4 is 33.9 Å². The standard InChI is InChI=1S/C23H23BrFNO4/c24-18-6-3-7-19(25)22(18)30-17-11-8-16(9-12-17)14-20(23(28)29)26-21(27)13-10-15-4-1-2-5-15/h3,6-9,11-12,14-15H,1-2,4-5,10,13H2,(H,26,27)(H,28,29)/b20-14-. The van der Waals surface area contributed by atoms with Gasteiger partial charge in [-0.3, -0.25) is 4.79 Å². The van der Waals surface area contributed by atoms with Gasteiger partial charge in [-0.05, 0) is 64.2 Å². The van der Waals surface area contributed by atoms with E-state index in [-0.39, 0.29) is 17.4 Å². The molecule has 1 aliphatic rings. The highest BCUT2D eigenvalue weighted by Crippen LogP contribution is 2.32. The summed E-state index contributed by atoms with van der Waals surface area (Å²) in [6.45, 7) is 0. The summed E-state index contributed by atoms with van der Waals surface area (Å²) in [7, 11) is 0. The Morgan fingerprint density at radius 2 is 1.87 bits per heavy atom. The number of benzene rings is 2. The number of nitrogens with one attached hydrogen (secondary N) is 1. The Hall–Kier alpha value is -2.67. The van der Waals surface area contributed by atoms with Gasteiger partial charge in [0, 0.05) is 6.42 Å². The van der Waals surface area contributed by atoms with E-state index in [0.717, 1.165) is 19.3 Å². The minimum absolute atomic E-state index is 0.0709. The van der Waals surface area contributed by atoms with Gasteiger partial charge in [0.15, 0.2) is 11.6 Å². The van der Waals surface area contributed by atoms with Gasteiger partial charge in [-0.15, -0.1) is 0 Å². The molecule has 3 rings (SSSR count). The molecule has 0 atom stereocenters. The summed E-state index contributed by atoms with van der Waals surface area (Å²) in [4.78, 5) is 23.7. The van der Waals surface area contributed by atoms with Gasteiger partial charge in [-0.1, -0.05) is 43.9 Å². The van der Waals surface area contributed by atoms with Gasteiger partial charge in [-0.25, -0.2) is 9.18 Å². The van der Waals surface area contributed by atoms with Crippen molar-refractivity contribution in [3.05, 3.63) is 64.0 Å². The third-order valence-electron chi connectivity index (χ3n) is 5.09. The summed E-state index contributed by atoms with van der Waals surface area (Å²) in [5.41, 5.74) is 0.389. The van der Waals surface area contributed by atoms with Crippen LogP contribution in [-0.2, 0) is 9.59 Å². The van der Waals surface area contributed by atoms with Crippen molar-refractivity contribution in [2.24, 2.45) is 5.92 Å². The minimum Gasteiger partial charge on any atom is -0.477 e. The maximum absolute atomic E-state index is 13.9. The smallest absolute Gasteiger partial charge is 0.352 e. The van der Waals surface area contributed by atoms with Crippen molar-refractivity contribution in [1.82, 2.24) is 5.32 Å². The first-order valence-electron chi connectivity index (χ1n) is 9.89. The molecule has 5 nitrogen and oxygen atoms in total. The molecular weight excluding hydrogens is 453 g/mol. The first kappa shape index (κ1) is 22.0. The first-order chi connectivity index (χ1) is 14.4. The molecule has 0 heterocycles. The maximum atomic E-state index is 13.9. The molecule has 0 unspecified atom stereocenters. The van der Waals surface area contributed by atoms with E-state index in [1.807, 2.05) is 0 Å². The number of carbonyl (C=O) groups is 2. The van der Waals surface area contributed by atoms with Crippen LogP contribution in [0.4, 0.5) is 4.39 Å². The van der Waals surface area contributed by atoms with Gasteiger partial charge in [0.25, 0.3) is 0 Å². The lowest BCUT2D eigenvalue weighted by atomic mass is 10.0. The Morgan fingerprint density at radius 1 is 1.17 bits per heavy atom. The van der Waals surface area contributed by atoms with Crippen LogP contribution in [0.1, 0.15) is 44.1 Å². The van der Waals surface area contributed by atoms with Crippen LogP contribution in [0.15, 0.2) is 52.6 Å². The van der Waals surface area contributed by atoms with Crippen LogP contribution in [0.5, 0.6) is 11.5 Å². The Bertz CT molecular complexity index is 916. The summed E-state index contributed by atoms with van der Waals surface area (Å²) >= 11 is 3.24. The predicted octanol–water partition coefficient (Wildman–Crippen LogP) is 5.89. The van der Waals surface area contributed by atoms with Crippen LogP contribution in [-0.4, -0.2) is 17.0 Å². The SMILES string of the molecule is O=C(CCC1CCCC1)N/C(=C\c1ccc(Oc2c(F)cccc2Br)cc1)C(=O)O. The largest absolute Gasteiger partial charge is 0.477 e. The molecule has 0 spiro atoms. The number of hydrogen-bond donors (Lipinski definition) is 2. The number of hydrogen-bond acceptors (Lipinski definition) is 3. The molecule has 7 heteroatoms. The molecule has 1 saturated carbocycles. The second kappa shape index (κ2) is 10.4. The minimum atomic E-state index is -1.21. The molecule has 0 bridgehead atoms. The average Bonchev–Trinajstić information content (AvgIpc) is 3.23. The molecular formula is C23H23BrFNO4. The van der Waals surface area contributed by atoms with E-state index in [1.54, 1.807) is 36.4 Å². The zero-order valence-corrected chi connectivity index (χ0v) is 18.0. The molecule has 1 amide bonds.